The fourth-order valence-corrected chi connectivity index (χ4v) is 2.97. The van der Waals surface area contributed by atoms with Gasteiger partial charge in [0.15, 0.2) is 0 Å². The summed E-state index contributed by atoms with van der Waals surface area (Å²) in [5.74, 6) is 0.820. The third-order valence-corrected chi connectivity index (χ3v) is 4.19. The van der Waals surface area contributed by atoms with E-state index in [1.807, 2.05) is 0 Å². The summed E-state index contributed by atoms with van der Waals surface area (Å²) in [6, 6.07) is 9.26. The highest BCUT2D eigenvalue weighted by Gasteiger charge is 2.14. The van der Waals surface area contributed by atoms with E-state index < -0.39 is 0 Å². The lowest BCUT2D eigenvalue weighted by molar-refractivity contribution is 0.443. The summed E-state index contributed by atoms with van der Waals surface area (Å²) in [5.41, 5.74) is 8.42. The first kappa shape index (κ1) is 14.5. The molecule has 19 heavy (non-hydrogen) atoms. The minimum Gasteiger partial charge on any atom is -0.330 e. The van der Waals surface area contributed by atoms with Crippen molar-refractivity contribution in [3.63, 3.8) is 0 Å². The molecule has 2 nitrogen and oxygen atoms in total. The van der Waals surface area contributed by atoms with Crippen molar-refractivity contribution in [3.05, 3.63) is 35.4 Å². The predicted molar refractivity (Wildman–Crippen MR) is 82.3 cm³/mol. The summed E-state index contributed by atoms with van der Waals surface area (Å²) in [5, 5.41) is 3.48. The second-order valence-corrected chi connectivity index (χ2v) is 5.75. The average molecular weight is 260 g/mol. The Morgan fingerprint density at radius 3 is 2.42 bits per heavy atom. The van der Waals surface area contributed by atoms with Crippen molar-refractivity contribution in [1.82, 2.24) is 5.32 Å². The Balaban J connectivity index is 1.74. The third kappa shape index (κ3) is 4.96. The molecule has 1 fully saturated rings. The van der Waals surface area contributed by atoms with Crippen LogP contribution in [0.25, 0.3) is 0 Å². The average Bonchev–Trinajstić information content (AvgIpc) is 2.49. The minimum absolute atomic E-state index is 0.803. The first-order valence-corrected chi connectivity index (χ1v) is 7.90. The molecule has 0 spiro atoms. The Morgan fingerprint density at radius 1 is 1.00 bits per heavy atom. The molecule has 0 radical (unpaired) electrons. The molecule has 1 aromatic rings. The molecule has 0 atom stereocenters. The van der Waals surface area contributed by atoms with Crippen molar-refractivity contribution >= 4 is 0 Å². The van der Waals surface area contributed by atoms with E-state index in [-0.39, 0.29) is 0 Å². The van der Waals surface area contributed by atoms with E-state index in [0.29, 0.717) is 0 Å². The monoisotopic (exact) mass is 260 g/mol. The van der Waals surface area contributed by atoms with Crippen molar-refractivity contribution in [2.75, 3.05) is 13.1 Å². The van der Waals surface area contributed by atoms with Gasteiger partial charge in [0.1, 0.15) is 0 Å². The molecular formula is C17H28N2. The van der Waals surface area contributed by atoms with Crippen molar-refractivity contribution < 1.29 is 0 Å². The van der Waals surface area contributed by atoms with Crippen LogP contribution in [0.3, 0.4) is 0 Å². The van der Waals surface area contributed by atoms with Gasteiger partial charge in [0, 0.05) is 6.54 Å². The number of hydrogen-bond donors (Lipinski definition) is 2. The second-order valence-electron chi connectivity index (χ2n) is 5.75. The fourth-order valence-electron chi connectivity index (χ4n) is 2.97. The number of hydrogen-bond acceptors (Lipinski definition) is 2. The maximum atomic E-state index is 5.48. The summed E-state index contributed by atoms with van der Waals surface area (Å²) in [6.07, 6.45) is 9.32. The molecule has 0 amide bonds. The van der Waals surface area contributed by atoms with Gasteiger partial charge in [0.05, 0.1) is 0 Å². The fraction of sp³-hybridized carbons (Fsp3) is 0.647. The maximum Gasteiger partial charge on any atom is 0.0205 e. The van der Waals surface area contributed by atoms with Gasteiger partial charge in [0.2, 0.25) is 0 Å². The van der Waals surface area contributed by atoms with Crippen LogP contribution in [0.4, 0.5) is 0 Å². The number of nitrogens with one attached hydrogen (secondary N) is 1. The molecular weight excluding hydrogens is 232 g/mol. The molecule has 3 N–H and O–H groups in total. The SMILES string of the molecule is NCCCCNCc1ccc(C2CCCCC2)cc1. The smallest absolute Gasteiger partial charge is 0.0205 e. The Kier molecular flexibility index (Phi) is 6.38. The number of unbranched alkanes of at least 4 members (excludes halogenated alkanes) is 1. The van der Waals surface area contributed by atoms with Crippen LogP contribution in [0.5, 0.6) is 0 Å². The van der Waals surface area contributed by atoms with Crippen LogP contribution in [0.2, 0.25) is 0 Å². The Bertz CT molecular complexity index is 339. The summed E-state index contributed by atoms with van der Waals surface area (Å²) >= 11 is 0. The van der Waals surface area contributed by atoms with Crippen molar-refractivity contribution in [3.8, 4) is 0 Å². The lowest BCUT2D eigenvalue weighted by atomic mass is 9.84. The minimum atomic E-state index is 0.803. The molecule has 106 valence electrons. The molecule has 0 bridgehead atoms. The molecule has 1 aromatic carbocycles. The number of nitrogens with two attached hydrogens (primary N) is 1. The molecule has 0 heterocycles. The van der Waals surface area contributed by atoms with Gasteiger partial charge in [-0.3, -0.25) is 0 Å². The van der Waals surface area contributed by atoms with Crippen LogP contribution in [0, 0.1) is 0 Å². The van der Waals surface area contributed by atoms with E-state index in [0.717, 1.165) is 32.0 Å². The standard InChI is InChI=1S/C17H28N2/c18-12-4-5-13-19-14-15-8-10-17(11-9-15)16-6-2-1-3-7-16/h8-11,16,19H,1-7,12-14,18H2. The zero-order chi connectivity index (χ0) is 13.3. The van der Waals surface area contributed by atoms with Crippen molar-refractivity contribution in [2.24, 2.45) is 5.73 Å². The summed E-state index contributed by atoms with van der Waals surface area (Å²) in [7, 11) is 0. The normalized spacial score (nSPS) is 16.7. The zero-order valence-corrected chi connectivity index (χ0v) is 12.0. The predicted octanol–water partition coefficient (Wildman–Crippen LogP) is 3.56. The summed E-state index contributed by atoms with van der Waals surface area (Å²) in [4.78, 5) is 0. The molecule has 2 rings (SSSR count). The Labute approximate surface area is 117 Å². The highest BCUT2D eigenvalue weighted by atomic mass is 14.8. The van der Waals surface area contributed by atoms with Crippen LogP contribution < -0.4 is 11.1 Å². The van der Waals surface area contributed by atoms with E-state index in [9.17, 15) is 0 Å². The molecule has 2 heteroatoms. The van der Waals surface area contributed by atoms with Gasteiger partial charge in [-0.2, -0.15) is 0 Å². The van der Waals surface area contributed by atoms with Crippen LogP contribution >= 0.6 is 0 Å². The topological polar surface area (TPSA) is 38.0 Å². The van der Waals surface area contributed by atoms with E-state index in [1.165, 1.54) is 44.1 Å². The van der Waals surface area contributed by atoms with Gasteiger partial charge in [-0.1, -0.05) is 43.5 Å². The van der Waals surface area contributed by atoms with Gasteiger partial charge in [-0.05, 0) is 55.8 Å². The summed E-state index contributed by atoms with van der Waals surface area (Å²) in [6.45, 7) is 2.86. The van der Waals surface area contributed by atoms with E-state index in [4.69, 9.17) is 5.73 Å². The first-order valence-electron chi connectivity index (χ1n) is 7.90. The van der Waals surface area contributed by atoms with Gasteiger partial charge in [-0.15, -0.1) is 0 Å². The third-order valence-electron chi connectivity index (χ3n) is 4.19. The van der Waals surface area contributed by atoms with E-state index >= 15 is 0 Å². The van der Waals surface area contributed by atoms with E-state index in [2.05, 4.69) is 29.6 Å². The largest absolute Gasteiger partial charge is 0.330 e. The molecule has 0 aromatic heterocycles. The number of rotatable bonds is 7. The molecule has 0 unspecified atom stereocenters. The van der Waals surface area contributed by atoms with Gasteiger partial charge in [-0.25, -0.2) is 0 Å². The molecule has 1 aliphatic rings. The van der Waals surface area contributed by atoms with Crippen LogP contribution in [0.15, 0.2) is 24.3 Å². The van der Waals surface area contributed by atoms with Crippen LogP contribution in [-0.2, 0) is 6.54 Å². The van der Waals surface area contributed by atoms with Crippen molar-refractivity contribution in [2.45, 2.75) is 57.4 Å². The van der Waals surface area contributed by atoms with Gasteiger partial charge >= 0.3 is 0 Å². The van der Waals surface area contributed by atoms with E-state index in [1.54, 1.807) is 5.56 Å². The highest BCUT2D eigenvalue weighted by Crippen LogP contribution is 2.32. The molecule has 0 aliphatic heterocycles. The van der Waals surface area contributed by atoms with Crippen LogP contribution in [-0.4, -0.2) is 13.1 Å². The van der Waals surface area contributed by atoms with Crippen molar-refractivity contribution in [1.29, 1.82) is 0 Å². The number of benzene rings is 1. The zero-order valence-electron chi connectivity index (χ0n) is 12.0. The van der Waals surface area contributed by atoms with Gasteiger partial charge < -0.3 is 11.1 Å². The maximum absolute atomic E-state index is 5.48. The quantitative estimate of drug-likeness (QED) is 0.736. The lowest BCUT2D eigenvalue weighted by Crippen LogP contribution is -2.15. The van der Waals surface area contributed by atoms with Crippen LogP contribution in [0.1, 0.15) is 62.0 Å². The second kappa shape index (κ2) is 8.34. The Morgan fingerprint density at radius 2 is 1.74 bits per heavy atom. The highest BCUT2D eigenvalue weighted by molar-refractivity contribution is 5.25. The Hall–Kier alpha value is -0.860. The first-order chi connectivity index (χ1) is 9.40. The van der Waals surface area contributed by atoms with Gasteiger partial charge in [0.25, 0.3) is 0 Å². The lowest BCUT2D eigenvalue weighted by Gasteiger charge is -2.22. The summed E-state index contributed by atoms with van der Waals surface area (Å²) < 4.78 is 0. The molecule has 1 saturated carbocycles. The molecule has 1 aliphatic carbocycles. The molecule has 0 saturated heterocycles.